The first-order valence-corrected chi connectivity index (χ1v) is 9.06. The van der Waals surface area contributed by atoms with Crippen LogP contribution in [0, 0.1) is 0 Å². The smallest absolute Gasteiger partial charge is 0.339 e. The van der Waals surface area contributed by atoms with Crippen LogP contribution in [0.3, 0.4) is 0 Å². The van der Waals surface area contributed by atoms with Crippen LogP contribution in [0.5, 0.6) is 5.75 Å². The number of carboxylic acids is 1. The SMILES string of the molecule is CCc1ccc(/C=C2\SC(=S)N(c3ccc(O)c(C(=O)O)c3)C2=O)cc1. The quantitative estimate of drug-likeness (QED) is 0.610. The minimum atomic E-state index is -1.28. The summed E-state index contributed by atoms with van der Waals surface area (Å²) in [7, 11) is 0. The number of anilines is 1. The molecule has 0 radical (unpaired) electrons. The lowest BCUT2D eigenvalue weighted by Gasteiger charge is -2.15. The van der Waals surface area contributed by atoms with Gasteiger partial charge >= 0.3 is 5.97 Å². The van der Waals surface area contributed by atoms with Gasteiger partial charge in [0.25, 0.3) is 5.91 Å². The second-order valence-corrected chi connectivity index (χ2v) is 7.29. The van der Waals surface area contributed by atoms with Gasteiger partial charge in [-0.15, -0.1) is 0 Å². The van der Waals surface area contributed by atoms with Gasteiger partial charge in [0.2, 0.25) is 0 Å². The first-order chi connectivity index (χ1) is 12.4. The third kappa shape index (κ3) is 3.49. The third-order valence-electron chi connectivity index (χ3n) is 3.95. The number of carbonyl (C=O) groups is 2. The van der Waals surface area contributed by atoms with E-state index in [-0.39, 0.29) is 17.2 Å². The minimum absolute atomic E-state index is 0.282. The molecule has 0 unspecified atom stereocenters. The molecule has 0 aliphatic carbocycles. The highest BCUT2D eigenvalue weighted by molar-refractivity contribution is 8.27. The number of carbonyl (C=O) groups excluding carboxylic acids is 1. The van der Waals surface area contributed by atoms with Crippen LogP contribution >= 0.6 is 24.0 Å². The van der Waals surface area contributed by atoms with Crippen LogP contribution in [-0.4, -0.2) is 26.4 Å². The van der Waals surface area contributed by atoms with Gasteiger partial charge in [0.15, 0.2) is 4.32 Å². The molecular formula is C19H15NO4S2. The summed E-state index contributed by atoms with van der Waals surface area (Å²) in [5.41, 5.74) is 2.13. The molecule has 0 bridgehead atoms. The van der Waals surface area contributed by atoms with Crippen molar-refractivity contribution in [1.82, 2.24) is 0 Å². The molecule has 0 atom stereocenters. The Morgan fingerprint density at radius 2 is 1.92 bits per heavy atom. The molecule has 2 N–H and O–H groups in total. The average Bonchev–Trinajstić information content (AvgIpc) is 2.89. The molecule has 0 aromatic heterocycles. The van der Waals surface area contributed by atoms with Crippen molar-refractivity contribution in [3.05, 3.63) is 64.1 Å². The summed E-state index contributed by atoms with van der Waals surface area (Å²) in [5, 5.41) is 18.8. The molecule has 3 rings (SSSR count). The first kappa shape index (κ1) is 18.2. The maximum absolute atomic E-state index is 12.7. The maximum Gasteiger partial charge on any atom is 0.339 e. The van der Waals surface area contributed by atoms with E-state index in [0.717, 1.165) is 23.7 Å². The molecule has 1 saturated heterocycles. The number of hydrogen-bond donors (Lipinski definition) is 2. The predicted octanol–water partition coefficient (Wildman–Crippen LogP) is 4.06. The van der Waals surface area contributed by atoms with E-state index in [4.69, 9.17) is 17.3 Å². The molecule has 0 spiro atoms. The molecular weight excluding hydrogens is 370 g/mol. The Labute approximate surface area is 160 Å². The van der Waals surface area contributed by atoms with Crippen LogP contribution < -0.4 is 4.90 Å². The summed E-state index contributed by atoms with van der Waals surface area (Å²) in [6, 6.07) is 11.8. The summed E-state index contributed by atoms with van der Waals surface area (Å²) in [6.45, 7) is 2.07. The van der Waals surface area contributed by atoms with Crippen molar-refractivity contribution in [2.24, 2.45) is 0 Å². The molecule has 5 nitrogen and oxygen atoms in total. The summed E-state index contributed by atoms with van der Waals surface area (Å²) in [4.78, 5) is 25.7. The molecule has 26 heavy (non-hydrogen) atoms. The Hall–Kier alpha value is -2.64. The normalized spacial score (nSPS) is 15.7. The minimum Gasteiger partial charge on any atom is -0.507 e. The van der Waals surface area contributed by atoms with Gasteiger partial charge in [0.05, 0.1) is 10.6 Å². The number of aromatic hydroxyl groups is 1. The average molecular weight is 385 g/mol. The molecule has 1 amide bonds. The highest BCUT2D eigenvalue weighted by atomic mass is 32.2. The monoisotopic (exact) mass is 385 g/mol. The fraction of sp³-hybridized carbons (Fsp3) is 0.105. The van der Waals surface area contributed by atoms with Crippen LogP contribution in [0.2, 0.25) is 0 Å². The zero-order valence-electron chi connectivity index (χ0n) is 13.8. The van der Waals surface area contributed by atoms with Gasteiger partial charge in [-0.25, -0.2) is 4.79 Å². The number of aromatic carboxylic acids is 1. The second kappa shape index (κ2) is 7.31. The fourth-order valence-electron chi connectivity index (χ4n) is 2.53. The van der Waals surface area contributed by atoms with Gasteiger partial charge in [0.1, 0.15) is 11.3 Å². The Balaban J connectivity index is 1.92. The number of aryl methyl sites for hydroxylation is 1. The largest absolute Gasteiger partial charge is 0.507 e. The molecule has 2 aromatic carbocycles. The number of benzene rings is 2. The van der Waals surface area contributed by atoms with Crippen molar-refractivity contribution in [1.29, 1.82) is 0 Å². The first-order valence-electron chi connectivity index (χ1n) is 7.84. The van der Waals surface area contributed by atoms with E-state index in [9.17, 15) is 14.7 Å². The molecule has 2 aromatic rings. The molecule has 1 aliphatic heterocycles. The van der Waals surface area contributed by atoms with E-state index < -0.39 is 5.97 Å². The van der Waals surface area contributed by atoms with Crippen molar-refractivity contribution in [2.45, 2.75) is 13.3 Å². The lowest BCUT2D eigenvalue weighted by atomic mass is 10.1. The number of thiocarbonyl (C=S) groups is 1. The van der Waals surface area contributed by atoms with Crippen LogP contribution in [0.1, 0.15) is 28.4 Å². The van der Waals surface area contributed by atoms with Crippen molar-refractivity contribution >= 4 is 51.9 Å². The van der Waals surface area contributed by atoms with E-state index >= 15 is 0 Å². The fourth-order valence-corrected chi connectivity index (χ4v) is 3.82. The number of carboxylic acid groups (broad SMARTS) is 1. The summed E-state index contributed by atoms with van der Waals surface area (Å²) < 4.78 is 0.313. The van der Waals surface area contributed by atoms with Crippen molar-refractivity contribution in [2.75, 3.05) is 4.90 Å². The number of thioether (sulfide) groups is 1. The molecule has 1 heterocycles. The highest BCUT2D eigenvalue weighted by Gasteiger charge is 2.33. The highest BCUT2D eigenvalue weighted by Crippen LogP contribution is 2.37. The summed E-state index contributed by atoms with van der Waals surface area (Å²) in [5.74, 6) is -1.96. The van der Waals surface area contributed by atoms with Crippen LogP contribution in [0.4, 0.5) is 5.69 Å². The number of hydrogen-bond acceptors (Lipinski definition) is 5. The van der Waals surface area contributed by atoms with E-state index in [1.54, 1.807) is 6.08 Å². The van der Waals surface area contributed by atoms with E-state index in [2.05, 4.69) is 6.92 Å². The Morgan fingerprint density at radius 1 is 1.23 bits per heavy atom. The van der Waals surface area contributed by atoms with Crippen LogP contribution in [0.15, 0.2) is 47.4 Å². The van der Waals surface area contributed by atoms with Gasteiger partial charge in [0, 0.05) is 0 Å². The number of rotatable bonds is 4. The van der Waals surface area contributed by atoms with Gasteiger partial charge in [-0.3, -0.25) is 9.69 Å². The van der Waals surface area contributed by atoms with Gasteiger partial charge in [-0.05, 0) is 41.8 Å². The van der Waals surface area contributed by atoms with Gasteiger partial charge in [-0.2, -0.15) is 0 Å². The standard InChI is InChI=1S/C19H15NO4S2/c1-2-11-3-5-12(6-4-11)9-16-17(22)20(19(25)26-16)13-7-8-15(21)14(10-13)18(23)24/h3-10,21H,2H2,1H3,(H,23,24)/b16-9-. The predicted molar refractivity (Wildman–Crippen MR) is 107 cm³/mol. The number of amides is 1. The Morgan fingerprint density at radius 3 is 2.54 bits per heavy atom. The molecule has 0 saturated carbocycles. The lowest BCUT2D eigenvalue weighted by molar-refractivity contribution is -0.113. The number of phenols is 1. The second-order valence-electron chi connectivity index (χ2n) is 5.62. The van der Waals surface area contributed by atoms with Crippen molar-refractivity contribution in [3.8, 4) is 5.75 Å². The third-order valence-corrected chi connectivity index (χ3v) is 5.25. The van der Waals surface area contributed by atoms with E-state index in [1.165, 1.54) is 28.7 Å². The molecule has 1 aliphatic rings. The summed E-state index contributed by atoms with van der Waals surface area (Å²) in [6.07, 6.45) is 2.70. The Bertz CT molecular complexity index is 935. The zero-order chi connectivity index (χ0) is 18.8. The van der Waals surface area contributed by atoms with Crippen molar-refractivity contribution in [3.63, 3.8) is 0 Å². The van der Waals surface area contributed by atoms with E-state index in [0.29, 0.717) is 14.9 Å². The lowest BCUT2D eigenvalue weighted by Crippen LogP contribution is -2.27. The summed E-state index contributed by atoms with van der Waals surface area (Å²) >= 11 is 6.45. The van der Waals surface area contributed by atoms with Crippen LogP contribution in [0.25, 0.3) is 6.08 Å². The Kier molecular flexibility index (Phi) is 5.11. The maximum atomic E-state index is 12.7. The molecule has 132 valence electrons. The molecule has 1 fully saturated rings. The van der Waals surface area contributed by atoms with Gasteiger partial charge in [-0.1, -0.05) is 55.2 Å². The van der Waals surface area contributed by atoms with E-state index in [1.807, 2.05) is 24.3 Å². The van der Waals surface area contributed by atoms with Gasteiger partial charge < -0.3 is 10.2 Å². The van der Waals surface area contributed by atoms with Crippen LogP contribution in [-0.2, 0) is 11.2 Å². The number of nitrogens with zero attached hydrogens (tertiary/aromatic N) is 1. The topological polar surface area (TPSA) is 77.8 Å². The zero-order valence-corrected chi connectivity index (χ0v) is 15.4. The molecule has 7 heteroatoms. The van der Waals surface area contributed by atoms with Crippen molar-refractivity contribution < 1.29 is 19.8 Å².